The van der Waals surface area contributed by atoms with Crippen LogP contribution in [0.4, 0.5) is 0 Å². The van der Waals surface area contributed by atoms with Gasteiger partial charge in [0.1, 0.15) is 11.5 Å². The van der Waals surface area contributed by atoms with E-state index in [-0.39, 0.29) is 11.2 Å². The molecule has 1 aromatic heterocycles. The Morgan fingerprint density at radius 1 is 1.10 bits per heavy atom. The highest BCUT2D eigenvalue weighted by molar-refractivity contribution is 9.10. The van der Waals surface area contributed by atoms with Crippen molar-refractivity contribution < 1.29 is 9.21 Å². The molecule has 0 aliphatic carbocycles. The molecule has 1 amide bonds. The number of amides is 1. The second kappa shape index (κ2) is 9.94. The molecule has 156 valence electrons. The van der Waals surface area contributed by atoms with Gasteiger partial charge in [-0.15, -0.1) is 11.7 Å². The number of amidine groups is 1. The number of hydrogen-bond acceptors (Lipinski definition) is 5. The molecule has 0 unspecified atom stereocenters. The smallest absolute Gasteiger partial charge is 0.242 e. The van der Waals surface area contributed by atoms with Crippen molar-refractivity contribution in [2.24, 2.45) is 10.2 Å². The third-order valence-corrected chi connectivity index (χ3v) is 6.37. The van der Waals surface area contributed by atoms with E-state index in [1.54, 1.807) is 17.2 Å². The molecule has 1 saturated heterocycles. The molecule has 0 bridgehead atoms. The minimum atomic E-state index is -0.219. The molecule has 0 radical (unpaired) electrons. The van der Waals surface area contributed by atoms with Crippen LogP contribution in [-0.2, 0) is 11.2 Å². The summed E-state index contributed by atoms with van der Waals surface area (Å²) in [5.41, 5.74) is 2.10. The predicted molar refractivity (Wildman–Crippen MR) is 130 cm³/mol. The molecule has 3 aromatic rings. The molecule has 5 nitrogen and oxygen atoms in total. The minimum absolute atomic E-state index is 0.0261. The van der Waals surface area contributed by atoms with Crippen molar-refractivity contribution in [2.45, 2.75) is 11.7 Å². The number of nitrogens with zero attached hydrogens (tertiary/aromatic N) is 3. The lowest BCUT2D eigenvalue weighted by atomic mass is 10.1. The van der Waals surface area contributed by atoms with Gasteiger partial charge in [-0.25, -0.2) is 0 Å². The van der Waals surface area contributed by atoms with Crippen LogP contribution in [0.25, 0.3) is 11.3 Å². The highest BCUT2D eigenvalue weighted by atomic mass is 79.9. The van der Waals surface area contributed by atoms with E-state index < -0.39 is 0 Å². The van der Waals surface area contributed by atoms with Gasteiger partial charge in [-0.2, -0.15) is 5.10 Å². The van der Waals surface area contributed by atoms with Crippen LogP contribution in [0, 0.1) is 0 Å². The van der Waals surface area contributed by atoms with E-state index in [9.17, 15) is 4.79 Å². The van der Waals surface area contributed by atoms with Gasteiger partial charge in [0.05, 0.1) is 11.5 Å². The number of furan rings is 1. The van der Waals surface area contributed by atoms with Crippen LogP contribution in [0.1, 0.15) is 11.3 Å². The zero-order valence-corrected chi connectivity index (χ0v) is 19.1. The average molecular weight is 494 g/mol. The summed E-state index contributed by atoms with van der Waals surface area (Å²) in [6, 6.07) is 21.6. The van der Waals surface area contributed by atoms with E-state index in [0.717, 1.165) is 21.4 Å². The first-order valence-corrected chi connectivity index (χ1v) is 11.4. The Bertz CT molecular complexity index is 1120. The van der Waals surface area contributed by atoms with Crippen LogP contribution < -0.4 is 0 Å². The van der Waals surface area contributed by atoms with Gasteiger partial charge in [-0.05, 0) is 36.2 Å². The molecule has 1 aliphatic rings. The van der Waals surface area contributed by atoms with Crippen molar-refractivity contribution in [1.29, 1.82) is 0 Å². The lowest BCUT2D eigenvalue weighted by Gasteiger charge is -2.12. The van der Waals surface area contributed by atoms with Gasteiger partial charge in [0.25, 0.3) is 0 Å². The molecule has 2 heterocycles. The first-order chi connectivity index (χ1) is 15.1. The standard InChI is InChI=1S/C24H20BrN3O2S/c1-2-14-28-23(29)22(15-17-6-4-3-5-7-17)31-24(28)27-26-16-20-12-13-21(30-20)18-8-10-19(25)11-9-18/h2-13,16,22H,1,14-15H2/b26-16-,27-24-/t22-/m1/s1. The Balaban J connectivity index is 1.47. The fraction of sp³-hybridized carbons (Fsp3) is 0.125. The first kappa shape index (κ1) is 21.3. The Morgan fingerprint density at radius 3 is 2.61 bits per heavy atom. The number of thioether (sulfide) groups is 1. The van der Waals surface area contributed by atoms with Crippen molar-refractivity contribution in [3.63, 3.8) is 0 Å². The molecule has 4 rings (SSSR count). The van der Waals surface area contributed by atoms with E-state index in [1.165, 1.54) is 11.8 Å². The van der Waals surface area contributed by atoms with Crippen molar-refractivity contribution in [1.82, 2.24) is 4.90 Å². The maximum absolute atomic E-state index is 12.8. The summed E-state index contributed by atoms with van der Waals surface area (Å²) in [5.74, 6) is 1.37. The summed E-state index contributed by atoms with van der Waals surface area (Å²) in [6.07, 6.45) is 3.89. The molecule has 7 heteroatoms. The third-order valence-electron chi connectivity index (χ3n) is 4.68. The fourth-order valence-electron chi connectivity index (χ4n) is 3.17. The van der Waals surface area contributed by atoms with Gasteiger partial charge in [0.2, 0.25) is 5.91 Å². The third kappa shape index (κ3) is 5.24. The number of hydrogen-bond donors (Lipinski definition) is 0. The molecule has 2 aromatic carbocycles. The molecule has 0 saturated carbocycles. The van der Waals surface area contributed by atoms with Gasteiger partial charge in [0.15, 0.2) is 5.17 Å². The summed E-state index contributed by atoms with van der Waals surface area (Å²) in [4.78, 5) is 14.5. The second-order valence-corrected chi connectivity index (χ2v) is 8.96. The van der Waals surface area contributed by atoms with E-state index >= 15 is 0 Å². The maximum atomic E-state index is 12.8. The lowest BCUT2D eigenvalue weighted by molar-refractivity contribution is -0.125. The summed E-state index contributed by atoms with van der Waals surface area (Å²) >= 11 is 4.86. The molecule has 1 fully saturated rings. The maximum Gasteiger partial charge on any atom is 0.242 e. The topological polar surface area (TPSA) is 58.2 Å². The van der Waals surface area contributed by atoms with Crippen molar-refractivity contribution in [3.8, 4) is 11.3 Å². The molecular formula is C24H20BrN3O2S. The van der Waals surface area contributed by atoms with E-state index in [0.29, 0.717) is 23.9 Å². The molecule has 0 spiro atoms. The van der Waals surface area contributed by atoms with Crippen LogP contribution in [0.3, 0.4) is 0 Å². The van der Waals surface area contributed by atoms with Crippen molar-refractivity contribution >= 4 is 45.0 Å². The van der Waals surface area contributed by atoms with Gasteiger partial charge < -0.3 is 4.42 Å². The van der Waals surface area contributed by atoms with Gasteiger partial charge >= 0.3 is 0 Å². The van der Waals surface area contributed by atoms with Gasteiger partial charge in [-0.1, -0.05) is 76.2 Å². The molecule has 1 atom stereocenters. The SMILES string of the molecule is C=CCN1C(=O)[C@@H](Cc2ccccc2)S/C1=N\N=C/c1ccc(-c2ccc(Br)cc2)o1. The monoisotopic (exact) mass is 493 g/mol. The molecular weight excluding hydrogens is 474 g/mol. The fourth-order valence-corrected chi connectivity index (χ4v) is 4.58. The highest BCUT2D eigenvalue weighted by Gasteiger charge is 2.37. The minimum Gasteiger partial charge on any atom is -0.455 e. The number of rotatable bonds is 7. The number of halogens is 1. The zero-order chi connectivity index (χ0) is 21.6. The summed E-state index contributed by atoms with van der Waals surface area (Å²) in [7, 11) is 0. The van der Waals surface area contributed by atoms with Gasteiger partial charge in [-0.3, -0.25) is 9.69 Å². The Labute approximate surface area is 193 Å². The van der Waals surface area contributed by atoms with Gasteiger partial charge in [0, 0.05) is 16.6 Å². The first-order valence-electron chi connectivity index (χ1n) is 9.73. The van der Waals surface area contributed by atoms with Crippen molar-refractivity contribution in [3.05, 3.63) is 95.2 Å². The quantitative estimate of drug-likeness (QED) is 0.238. The Hall–Kier alpha value is -2.90. The number of carbonyl (C=O) groups excluding carboxylic acids is 1. The lowest BCUT2D eigenvalue weighted by Crippen LogP contribution is -2.32. The van der Waals surface area contributed by atoms with Crippen LogP contribution in [0.2, 0.25) is 0 Å². The number of benzene rings is 2. The van der Waals surface area contributed by atoms with E-state index in [4.69, 9.17) is 4.42 Å². The summed E-state index contributed by atoms with van der Waals surface area (Å²) in [5, 5.41) is 8.81. The summed E-state index contributed by atoms with van der Waals surface area (Å²) in [6.45, 7) is 4.16. The van der Waals surface area contributed by atoms with Crippen molar-refractivity contribution in [2.75, 3.05) is 6.54 Å². The van der Waals surface area contributed by atoms with Crippen LogP contribution in [-0.4, -0.2) is 34.0 Å². The van der Waals surface area contributed by atoms with E-state index in [1.807, 2.05) is 66.7 Å². The van der Waals surface area contributed by atoms with E-state index in [2.05, 4.69) is 32.7 Å². The normalized spacial score (nSPS) is 17.7. The highest BCUT2D eigenvalue weighted by Crippen LogP contribution is 2.30. The van der Waals surface area contributed by atoms with Crippen LogP contribution >= 0.6 is 27.7 Å². The second-order valence-electron chi connectivity index (χ2n) is 6.87. The molecule has 0 N–H and O–H groups in total. The molecule has 1 aliphatic heterocycles. The Kier molecular flexibility index (Phi) is 6.84. The average Bonchev–Trinajstić information content (AvgIpc) is 3.36. The molecule has 31 heavy (non-hydrogen) atoms. The van der Waals surface area contributed by atoms with Crippen LogP contribution in [0.5, 0.6) is 0 Å². The van der Waals surface area contributed by atoms with Crippen LogP contribution in [0.15, 0.2) is 98.5 Å². The zero-order valence-electron chi connectivity index (χ0n) is 16.6. The summed E-state index contributed by atoms with van der Waals surface area (Å²) < 4.78 is 6.85. The largest absolute Gasteiger partial charge is 0.455 e. The predicted octanol–water partition coefficient (Wildman–Crippen LogP) is 5.77. The number of carbonyl (C=O) groups is 1. The Morgan fingerprint density at radius 2 is 1.87 bits per heavy atom.